The number of carbonyl (C=O) groups is 2. The van der Waals surface area contributed by atoms with E-state index in [1.165, 1.54) is 4.90 Å². The second-order valence-electron chi connectivity index (χ2n) is 8.27. The lowest BCUT2D eigenvalue weighted by Crippen LogP contribution is -2.37. The Hall–Kier alpha value is -3.28. The molecule has 2 aliphatic heterocycles. The molecule has 0 radical (unpaired) electrons. The zero-order valence-corrected chi connectivity index (χ0v) is 19.0. The van der Waals surface area contributed by atoms with E-state index >= 15 is 0 Å². The van der Waals surface area contributed by atoms with Gasteiger partial charge in [0.2, 0.25) is 0 Å². The van der Waals surface area contributed by atoms with Crippen molar-refractivity contribution in [2.75, 3.05) is 31.7 Å². The molecule has 32 heavy (non-hydrogen) atoms. The Bertz CT molecular complexity index is 1040. The summed E-state index contributed by atoms with van der Waals surface area (Å²) in [6.07, 6.45) is 4.08. The molecule has 2 aromatic carbocycles. The van der Waals surface area contributed by atoms with Crippen LogP contribution in [0.25, 0.3) is 5.57 Å². The summed E-state index contributed by atoms with van der Waals surface area (Å²) in [6.45, 7) is 6.17. The van der Waals surface area contributed by atoms with Gasteiger partial charge >= 0.3 is 0 Å². The van der Waals surface area contributed by atoms with Gasteiger partial charge in [0.15, 0.2) is 0 Å². The minimum absolute atomic E-state index is 0.290. The number of benzene rings is 2. The molecule has 2 heterocycles. The van der Waals surface area contributed by atoms with Crippen LogP contribution < -0.4 is 14.4 Å². The molecule has 4 rings (SSSR count). The van der Waals surface area contributed by atoms with E-state index in [4.69, 9.17) is 9.47 Å². The molecule has 0 atom stereocenters. The summed E-state index contributed by atoms with van der Waals surface area (Å²) in [4.78, 5) is 30.8. The lowest BCUT2D eigenvalue weighted by molar-refractivity contribution is -0.120. The molecule has 0 saturated carbocycles. The van der Waals surface area contributed by atoms with E-state index in [-0.39, 0.29) is 11.8 Å². The van der Waals surface area contributed by atoms with E-state index in [0.717, 1.165) is 55.6 Å². The fourth-order valence-electron chi connectivity index (χ4n) is 4.32. The highest BCUT2D eigenvalue weighted by Gasteiger charge is 2.43. The Kier molecular flexibility index (Phi) is 6.49. The molecule has 1 saturated heterocycles. The van der Waals surface area contributed by atoms with Crippen LogP contribution in [0, 0.1) is 6.92 Å². The molecule has 0 bridgehead atoms. The van der Waals surface area contributed by atoms with Gasteiger partial charge < -0.3 is 14.4 Å². The SMILES string of the molecule is CCCOc1ccc(C2=C(N3CCCCC3)C(=O)N(c3cc(C)ccc3OC)C2=O)cc1. The van der Waals surface area contributed by atoms with Crippen molar-refractivity contribution in [2.24, 2.45) is 0 Å². The highest BCUT2D eigenvalue weighted by molar-refractivity contribution is 6.45. The first-order valence-electron chi connectivity index (χ1n) is 11.3. The van der Waals surface area contributed by atoms with Gasteiger partial charge in [-0.2, -0.15) is 0 Å². The summed E-state index contributed by atoms with van der Waals surface area (Å²) in [6, 6.07) is 13.0. The molecule has 2 amide bonds. The fraction of sp³-hybridized carbons (Fsp3) is 0.385. The summed E-state index contributed by atoms with van der Waals surface area (Å²) < 4.78 is 11.2. The number of ether oxygens (including phenoxy) is 2. The van der Waals surface area contributed by atoms with Crippen molar-refractivity contribution in [3.8, 4) is 11.5 Å². The molecule has 0 N–H and O–H groups in total. The third kappa shape index (κ3) is 4.09. The molecule has 0 aliphatic carbocycles. The van der Waals surface area contributed by atoms with Crippen molar-refractivity contribution in [3.63, 3.8) is 0 Å². The van der Waals surface area contributed by atoms with Crippen molar-refractivity contribution in [2.45, 2.75) is 39.5 Å². The topological polar surface area (TPSA) is 59.1 Å². The van der Waals surface area contributed by atoms with Crippen LogP contribution in [0.4, 0.5) is 5.69 Å². The number of hydrogen-bond acceptors (Lipinski definition) is 5. The maximum Gasteiger partial charge on any atom is 0.282 e. The number of anilines is 1. The summed E-state index contributed by atoms with van der Waals surface area (Å²) in [7, 11) is 1.55. The number of carbonyl (C=O) groups excluding carboxylic acids is 2. The predicted octanol–water partition coefficient (Wildman–Crippen LogP) is 4.56. The quantitative estimate of drug-likeness (QED) is 0.598. The van der Waals surface area contributed by atoms with Crippen LogP contribution in [-0.4, -0.2) is 43.5 Å². The lowest BCUT2D eigenvalue weighted by atomic mass is 10.0. The van der Waals surface area contributed by atoms with Gasteiger partial charge in [-0.3, -0.25) is 9.59 Å². The number of methoxy groups -OCH3 is 1. The number of rotatable bonds is 7. The second-order valence-corrected chi connectivity index (χ2v) is 8.27. The summed E-state index contributed by atoms with van der Waals surface area (Å²) in [5.41, 5.74) is 3.09. The van der Waals surface area contributed by atoms with Crippen molar-refractivity contribution < 1.29 is 19.1 Å². The van der Waals surface area contributed by atoms with Crippen molar-refractivity contribution in [1.82, 2.24) is 4.90 Å². The zero-order valence-electron chi connectivity index (χ0n) is 19.0. The van der Waals surface area contributed by atoms with Crippen LogP contribution in [0.2, 0.25) is 0 Å². The van der Waals surface area contributed by atoms with Crippen molar-refractivity contribution in [1.29, 1.82) is 0 Å². The Morgan fingerprint density at radius 2 is 1.66 bits per heavy atom. The second kappa shape index (κ2) is 9.47. The van der Waals surface area contributed by atoms with Crippen LogP contribution in [0.15, 0.2) is 48.2 Å². The molecular formula is C26H30N2O4. The first-order chi connectivity index (χ1) is 15.5. The number of nitrogens with zero attached hydrogens (tertiary/aromatic N) is 2. The highest BCUT2D eigenvalue weighted by atomic mass is 16.5. The van der Waals surface area contributed by atoms with Crippen LogP contribution in [0.5, 0.6) is 11.5 Å². The molecule has 0 aromatic heterocycles. The van der Waals surface area contributed by atoms with E-state index in [9.17, 15) is 9.59 Å². The Balaban J connectivity index is 1.78. The maximum absolute atomic E-state index is 13.7. The molecule has 168 valence electrons. The van der Waals surface area contributed by atoms with Crippen LogP contribution in [-0.2, 0) is 9.59 Å². The molecule has 6 nitrogen and oxygen atoms in total. The molecule has 6 heteroatoms. The normalized spacial score (nSPS) is 16.7. The van der Waals surface area contributed by atoms with E-state index in [1.807, 2.05) is 43.3 Å². The van der Waals surface area contributed by atoms with Gasteiger partial charge in [-0.05, 0) is 68.0 Å². The first-order valence-corrected chi connectivity index (χ1v) is 11.3. The van der Waals surface area contributed by atoms with Gasteiger partial charge in [-0.1, -0.05) is 25.1 Å². The molecule has 2 aromatic rings. The minimum atomic E-state index is -0.318. The van der Waals surface area contributed by atoms with Crippen LogP contribution >= 0.6 is 0 Å². The lowest BCUT2D eigenvalue weighted by Gasteiger charge is -2.29. The van der Waals surface area contributed by atoms with Crippen LogP contribution in [0.3, 0.4) is 0 Å². The third-order valence-corrected chi connectivity index (χ3v) is 5.92. The highest BCUT2D eigenvalue weighted by Crippen LogP contribution is 2.40. The van der Waals surface area contributed by atoms with Gasteiger partial charge in [0, 0.05) is 13.1 Å². The largest absolute Gasteiger partial charge is 0.495 e. The van der Waals surface area contributed by atoms with Gasteiger partial charge in [0.25, 0.3) is 11.8 Å². The number of likely N-dealkylation sites (tertiary alicyclic amines) is 1. The average Bonchev–Trinajstić information content (AvgIpc) is 3.08. The van der Waals surface area contributed by atoms with Crippen LogP contribution in [0.1, 0.15) is 43.7 Å². The van der Waals surface area contributed by atoms with Gasteiger partial charge in [-0.15, -0.1) is 0 Å². The molecule has 2 aliphatic rings. The number of aryl methyl sites for hydroxylation is 1. The summed E-state index contributed by atoms with van der Waals surface area (Å²) in [5.74, 6) is 0.647. The number of piperidine rings is 1. The Labute approximate surface area is 189 Å². The van der Waals surface area contributed by atoms with E-state index in [0.29, 0.717) is 29.3 Å². The molecule has 0 unspecified atom stereocenters. The summed E-state index contributed by atoms with van der Waals surface area (Å²) >= 11 is 0. The van der Waals surface area contributed by atoms with E-state index in [1.54, 1.807) is 13.2 Å². The average molecular weight is 435 g/mol. The molecule has 0 spiro atoms. The van der Waals surface area contributed by atoms with Gasteiger partial charge in [0.05, 0.1) is 25.0 Å². The van der Waals surface area contributed by atoms with Gasteiger partial charge in [-0.25, -0.2) is 4.90 Å². The minimum Gasteiger partial charge on any atom is -0.495 e. The summed E-state index contributed by atoms with van der Waals surface area (Å²) in [5, 5.41) is 0. The predicted molar refractivity (Wildman–Crippen MR) is 125 cm³/mol. The Morgan fingerprint density at radius 1 is 0.938 bits per heavy atom. The monoisotopic (exact) mass is 434 g/mol. The number of amides is 2. The standard InChI is InChI=1S/C26H30N2O4/c1-4-16-32-20-11-9-19(10-12-20)23-24(27-14-6-5-7-15-27)26(30)28(25(23)29)21-17-18(2)8-13-22(21)31-3/h8-13,17H,4-7,14-16H2,1-3H3. The fourth-order valence-corrected chi connectivity index (χ4v) is 4.32. The van der Waals surface area contributed by atoms with Gasteiger partial charge in [0.1, 0.15) is 17.2 Å². The van der Waals surface area contributed by atoms with E-state index in [2.05, 4.69) is 11.8 Å². The first kappa shape index (κ1) is 21.9. The number of imide groups is 1. The molecule has 1 fully saturated rings. The Morgan fingerprint density at radius 3 is 2.31 bits per heavy atom. The maximum atomic E-state index is 13.7. The smallest absolute Gasteiger partial charge is 0.282 e. The zero-order chi connectivity index (χ0) is 22.7. The van der Waals surface area contributed by atoms with Crippen molar-refractivity contribution >= 4 is 23.1 Å². The van der Waals surface area contributed by atoms with E-state index < -0.39 is 0 Å². The molecular weight excluding hydrogens is 404 g/mol. The number of hydrogen-bond donors (Lipinski definition) is 0. The third-order valence-electron chi connectivity index (χ3n) is 5.92. The van der Waals surface area contributed by atoms with Crippen molar-refractivity contribution in [3.05, 3.63) is 59.3 Å².